The van der Waals surface area contributed by atoms with Gasteiger partial charge >= 0.3 is 5.97 Å². The van der Waals surface area contributed by atoms with Gasteiger partial charge in [0.05, 0.1) is 0 Å². The standard InChI is InChI=1S/C11H22N2O4S/c1-12(8-6-7-11(14)15)18(16,17)13-9-4-2-3-5-10-13/h2-10H2,1H3,(H,14,15). The number of carboxylic acids is 1. The van der Waals surface area contributed by atoms with E-state index in [1.165, 1.54) is 15.7 Å². The molecule has 0 atom stereocenters. The lowest BCUT2D eigenvalue weighted by molar-refractivity contribution is -0.137. The molecule has 0 aromatic carbocycles. The summed E-state index contributed by atoms with van der Waals surface area (Å²) in [5.74, 6) is -0.893. The van der Waals surface area contributed by atoms with Crippen LogP contribution in [0.2, 0.25) is 0 Å². The predicted molar refractivity (Wildman–Crippen MR) is 68.5 cm³/mol. The minimum absolute atomic E-state index is 0.000139. The first-order valence-electron chi connectivity index (χ1n) is 6.38. The summed E-state index contributed by atoms with van der Waals surface area (Å²) in [6.45, 7) is 1.41. The predicted octanol–water partition coefficient (Wildman–Crippen LogP) is 0.904. The summed E-state index contributed by atoms with van der Waals surface area (Å²) >= 11 is 0. The summed E-state index contributed by atoms with van der Waals surface area (Å²) in [5.41, 5.74) is 0. The highest BCUT2D eigenvalue weighted by molar-refractivity contribution is 7.86. The van der Waals surface area contributed by atoms with Crippen LogP contribution in [0.5, 0.6) is 0 Å². The second-order valence-electron chi connectivity index (χ2n) is 4.64. The van der Waals surface area contributed by atoms with Gasteiger partial charge in [-0.05, 0) is 19.3 Å². The number of nitrogens with zero attached hydrogens (tertiary/aromatic N) is 2. The van der Waals surface area contributed by atoms with Gasteiger partial charge in [0.2, 0.25) is 0 Å². The molecule has 1 N–H and O–H groups in total. The lowest BCUT2D eigenvalue weighted by Gasteiger charge is -2.26. The van der Waals surface area contributed by atoms with Crippen molar-refractivity contribution in [3.05, 3.63) is 0 Å². The van der Waals surface area contributed by atoms with Crippen molar-refractivity contribution in [3.63, 3.8) is 0 Å². The van der Waals surface area contributed by atoms with Crippen LogP contribution in [-0.2, 0) is 15.0 Å². The normalized spacial score (nSPS) is 18.8. The summed E-state index contributed by atoms with van der Waals surface area (Å²) in [6, 6.07) is 0. The number of rotatable bonds is 6. The number of aliphatic carboxylic acids is 1. The Balaban J connectivity index is 2.52. The molecule has 1 aliphatic heterocycles. The molecule has 6 nitrogen and oxygen atoms in total. The van der Waals surface area contributed by atoms with Gasteiger partial charge in [-0.3, -0.25) is 4.79 Å². The van der Waals surface area contributed by atoms with Crippen molar-refractivity contribution in [3.8, 4) is 0 Å². The van der Waals surface area contributed by atoms with Crippen molar-refractivity contribution in [1.29, 1.82) is 0 Å². The topological polar surface area (TPSA) is 77.9 Å². The molecule has 0 aromatic rings. The molecule has 1 fully saturated rings. The zero-order chi connectivity index (χ0) is 13.6. The molecule has 7 heteroatoms. The van der Waals surface area contributed by atoms with Gasteiger partial charge in [-0.25, -0.2) is 0 Å². The number of hydrogen-bond acceptors (Lipinski definition) is 3. The number of hydrogen-bond donors (Lipinski definition) is 1. The third kappa shape index (κ3) is 4.55. The SMILES string of the molecule is CN(CCCC(=O)O)S(=O)(=O)N1CCCCCC1. The van der Waals surface area contributed by atoms with E-state index in [0.717, 1.165) is 25.7 Å². The van der Waals surface area contributed by atoms with Gasteiger partial charge in [0.15, 0.2) is 0 Å². The number of carbonyl (C=O) groups is 1. The lowest BCUT2D eigenvalue weighted by atomic mass is 10.2. The average Bonchev–Trinajstić information content (AvgIpc) is 2.57. The average molecular weight is 278 g/mol. The Morgan fingerprint density at radius 1 is 1.22 bits per heavy atom. The Labute approximate surface area is 109 Å². The molecule has 0 radical (unpaired) electrons. The molecule has 18 heavy (non-hydrogen) atoms. The monoisotopic (exact) mass is 278 g/mol. The first-order valence-corrected chi connectivity index (χ1v) is 7.77. The van der Waals surface area contributed by atoms with Crippen LogP contribution in [0.4, 0.5) is 0 Å². The van der Waals surface area contributed by atoms with E-state index in [1.807, 2.05) is 0 Å². The summed E-state index contributed by atoms with van der Waals surface area (Å²) in [5, 5.41) is 8.54. The maximum atomic E-state index is 12.2. The first kappa shape index (κ1) is 15.4. The summed E-state index contributed by atoms with van der Waals surface area (Å²) in [4.78, 5) is 10.4. The summed E-state index contributed by atoms with van der Waals surface area (Å²) in [7, 11) is -1.89. The third-order valence-corrected chi connectivity index (χ3v) is 5.14. The molecule has 0 aromatic heterocycles. The molecule has 0 unspecified atom stereocenters. The fourth-order valence-corrected chi connectivity index (χ4v) is 3.51. The Morgan fingerprint density at radius 2 is 1.78 bits per heavy atom. The van der Waals surface area contributed by atoms with E-state index in [-0.39, 0.29) is 13.0 Å². The van der Waals surface area contributed by atoms with Crippen LogP contribution >= 0.6 is 0 Å². The van der Waals surface area contributed by atoms with Crippen LogP contribution in [0.1, 0.15) is 38.5 Å². The van der Waals surface area contributed by atoms with Gasteiger partial charge in [0.25, 0.3) is 10.2 Å². The Kier molecular flexibility index (Phi) is 6.04. The molecule has 1 rings (SSSR count). The van der Waals surface area contributed by atoms with E-state index >= 15 is 0 Å². The van der Waals surface area contributed by atoms with Crippen LogP contribution in [0.3, 0.4) is 0 Å². The molecule has 0 saturated carbocycles. The van der Waals surface area contributed by atoms with Crippen molar-refractivity contribution in [2.45, 2.75) is 38.5 Å². The maximum Gasteiger partial charge on any atom is 0.303 e. The highest BCUT2D eigenvalue weighted by atomic mass is 32.2. The number of carboxylic acid groups (broad SMARTS) is 1. The molecule has 0 amide bonds. The molecule has 0 spiro atoms. The zero-order valence-electron chi connectivity index (χ0n) is 10.8. The Morgan fingerprint density at radius 3 is 2.28 bits per heavy atom. The lowest BCUT2D eigenvalue weighted by Crippen LogP contribution is -2.42. The quantitative estimate of drug-likeness (QED) is 0.783. The molecule has 1 aliphatic rings. The Bertz CT molecular complexity index is 361. The fourth-order valence-electron chi connectivity index (χ4n) is 2.04. The third-order valence-electron chi connectivity index (χ3n) is 3.15. The molecular formula is C11H22N2O4S. The molecular weight excluding hydrogens is 256 g/mol. The van der Waals surface area contributed by atoms with Crippen LogP contribution in [0.25, 0.3) is 0 Å². The van der Waals surface area contributed by atoms with Gasteiger partial charge in [0.1, 0.15) is 0 Å². The summed E-state index contributed by atoms with van der Waals surface area (Å²) in [6.07, 6.45) is 4.31. The first-order chi connectivity index (χ1) is 8.44. The van der Waals surface area contributed by atoms with Crippen molar-refractivity contribution >= 4 is 16.2 Å². The van der Waals surface area contributed by atoms with Crippen LogP contribution in [-0.4, -0.2) is 54.8 Å². The molecule has 1 heterocycles. The highest BCUT2D eigenvalue weighted by Crippen LogP contribution is 2.15. The van der Waals surface area contributed by atoms with E-state index in [9.17, 15) is 13.2 Å². The van der Waals surface area contributed by atoms with Gasteiger partial charge in [-0.2, -0.15) is 17.0 Å². The van der Waals surface area contributed by atoms with Crippen molar-refractivity contribution < 1.29 is 18.3 Å². The molecule has 0 bridgehead atoms. The van der Waals surface area contributed by atoms with Crippen molar-refractivity contribution in [2.75, 3.05) is 26.7 Å². The van der Waals surface area contributed by atoms with Crippen molar-refractivity contribution in [2.24, 2.45) is 0 Å². The summed E-state index contributed by atoms with van der Waals surface area (Å²) < 4.78 is 27.2. The van der Waals surface area contributed by atoms with E-state index < -0.39 is 16.2 Å². The van der Waals surface area contributed by atoms with Crippen LogP contribution in [0, 0.1) is 0 Å². The molecule has 1 saturated heterocycles. The van der Waals surface area contributed by atoms with Gasteiger partial charge in [-0.1, -0.05) is 12.8 Å². The van der Waals surface area contributed by atoms with E-state index in [2.05, 4.69) is 0 Å². The van der Waals surface area contributed by atoms with Crippen LogP contribution < -0.4 is 0 Å². The minimum atomic E-state index is -3.41. The van der Waals surface area contributed by atoms with Crippen LogP contribution in [0.15, 0.2) is 0 Å². The second kappa shape index (κ2) is 7.06. The minimum Gasteiger partial charge on any atom is -0.481 e. The van der Waals surface area contributed by atoms with E-state index in [1.54, 1.807) is 0 Å². The van der Waals surface area contributed by atoms with Crippen molar-refractivity contribution in [1.82, 2.24) is 8.61 Å². The fraction of sp³-hybridized carbons (Fsp3) is 0.909. The smallest absolute Gasteiger partial charge is 0.303 e. The van der Waals surface area contributed by atoms with E-state index in [4.69, 9.17) is 5.11 Å². The van der Waals surface area contributed by atoms with E-state index in [0.29, 0.717) is 19.5 Å². The molecule has 0 aliphatic carbocycles. The molecule has 106 valence electrons. The van der Waals surface area contributed by atoms with Gasteiger partial charge in [0, 0.05) is 33.1 Å². The maximum absolute atomic E-state index is 12.2. The van der Waals surface area contributed by atoms with Gasteiger partial charge in [-0.15, -0.1) is 0 Å². The largest absolute Gasteiger partial charge is 0.481 e. The Hall–Kier alpha value is -0.660. The zero-order valence-corrected chi connectivity index (χ0v) is 11.7. The van der Waals surface area contributed by atoms with Gasteiger partial charge < -0.3 is 5.11 Å². The highest BCUT2D eigenvalue weighted by Gasteiger charge is 2.26. The second-order valence-corrected chi connectivity index (χ2v) is 6.68.